The van der Waals surface area contributed by atoms with Gasteiger partial charge in [-0.15, -0.1) is 0 Å². The normalized spacial score (nSPS) is 19.6. The van der Waals surface area contributed by atoms with Gasteiger partial charge in [-0.3, -0.25) is 4.79 Å². The number of benzene rings is 1. The topological polar surface area (TPSA) is 70.6 Å². The summed E-state index contributed by atoms with van der Waals surface area (Å²) in [5, 5.41) is 15.7. The summed E-state index contributed by atoms with van der Waals surface area (Å²) >= 11 is 3.37. The standard InChI is InChI=1S/C14H19BrN2O3/c15-11-4-1-2-6-13(11)20-9-10(18)8-17-14(19)12-5-3-7-16-12/h1-2,4,6,10,12,16,18H,3,5,7-9H2,(H,17,19). The Bertz CT molecular complexity index is 450. The van der Waals surface area contributed by atoms with Crippen LogP contribution >= 0.6 is 15.9 Å². The van der Waals surface area contributed by atoms with E-state index in [-0.39, 0.29) is 25.1 Å². The lowest BCUT2D eigenvalue weighted by atomic mass is 10.2. The third-order valence-corrected chi connectivity index (χ3v) is 3.81. The molecule has 110 valence electrons. The van der Waals surface area contributed by atoms with Gasteiger partial charge in [-0.25, -0.2) is 0 Å². The quantitative estimate of drug-likeness (QED) is 0.722. The van der Waals surface area contributed by atoms with Crippen LogP contribution in [0.4, 0.5) is 0 Å². The summed E-state index contributed by atoms with van der Waals surface area (Å²) in [4.78, 5) is 11.7. The van der Waals surface area contributed by atoms with Crippen molar-refractivity contribution in [2.24, 2.45) is 0 Å². The highest BCUT2D eigenvalue weighted by atomic mass is 79.9. The number of halogens is 1. The molecule has 0 aliphatic carbocycles. The van der Waals surface area contributed by atoms with Gasteiger partial charge < -0.3 is 20.5 Å². The summed E-state index contributed by atoms with van der Waals surface area (Å²) in [6.07, 6.45) is 1.15. The summed E-state index contributed by atoms with van der Waals surface area (Å²) in [5.74, 6) is 0.623. The van der Waals surface area contributed by atoms with E-state index in [9.17, 15) is 9.90 Å². The fraction of sp³-hybridized carbons (Fsp3) is 0.500. The molecule has 1 aliphatic rings. The van der Waals surface area contributed by atoms with Gasteiger partial charge in [-0.2, -0.15) is 0 Å². The first-order chi connectivity index (χ1) is 9.66. The van der Waals surface area contributed by atoms with Crippen LogP contribution in [0, 0.1) is 0 Å². The number of para-hydroxylation sites is 1. The molecule has 1 heterocycles. The Morgan fingerprint density at radius 3 is 3.05 bits per heavy atom. The van der Waals surface area contributed by atoms with Crippen LogP contribution in [-0.4, -0.2) is 42.9 Å². The number of nitrogens with one attached hydrogen (secondary N) is 2. The van der Waals surface area contributed by atoms with Crippen LogP contribution in [0.3, 0.4) is 0 Å². The van der Waals surface area contributed by atoms with E-state index in [4.69, 9.17) is 4.74 Å². The monoisotopic (exact) mass is 342 g/mol. The zero-order valence-corrected chi connectivity index (χ0v) is 12.7. The Morgan fingerprint density at radius 1 is 1.55 bits per heavy atom. The molecule has 2 rings (SSSR count). The van der Waals surface area contributed by atoms with E-state index >= 15 is 0 Å². The lowest BCUT2D eigenvalue weighted by Gasteiger charge is -2.16. The number of ether oxygens (including phenoxy) is 1. The summed E-state index contributed by atoms with van der Waals surface area (Å²) in [5.41, 5.74) is 0. The molecule has 1 fully saturated rings. The van der Waals surface area contributed by atoms with Gasteiger partial charge in [-0.05, 0) is 47.4 Å². The summed E-state index contributed by atoms with van der Waals surface area (Å²) in [7, 11) is 0. The lowest BCUT2D eigenvalue weighted by Crippen LogP contribution is -2.44. The van der Waals surface area contributed by atoms with Gasteiger partial charge in [0.05, 0.1) is 10.5 Å². The molecule has 0 saturated carbocycles. The number of aliphatic hydroxyl groups excluding tert-OH is 1. The summed E-state index contributed by atoms with van der Waals surface area (Å²) in [6.45, 7) is 1.22. The molecule has 1 aromatic rings. The van der Waals surface area contributed by atoms with Crippen molar-refractivity contribution in [2.75, 3.05) is 19.7 Å². The summed E-state index contributed by atoms with van der Waals surface area (Å²) in [6, 6.07) is 7.32. The van der Waals surface area contributed by atoms with Gasteiger partial charge in [0, 0.05) is 6.54 Å². The van der Waals surface area contributed by atoms with Crippen molar-refractivity contribution < 1.29 is 14.6 Å². The van der Waals surface area contributed by atoms with Gasteiger partial charge in [0.15, 0.2) is 0 Å². The molecule has 20 heavy (non-hydrogen) atoms. The van der Waals surface area contributed by atoms with E-state index in [1.807, 2.05) is 24.3 Å². The Hall–Kier alpha value is -1.11. The van der Waals surface area contributed by atoms with Crippen LogP contribution in [0.5, 0.6) is 5.75 Å². The SMILES string of the molecule is O=C(NCC(O)COc1ccccc1Br)C1CCCN1. The number of hydrogen-bond acceptors (Lipinski definition) is 4. The molecular weight excluding hydrogens is 324 g/mol. The summed E-state index contributed by atoms with van der Waals surface area (Å²) < 4.78 is 6.33. The average Bonchev–Trinajstić information content (AvgIpc) is 2.98. The highest BCUT2D eigenvalue weighted by Crippen LogP contribution is 2.23. The second-order valence-corrected chi connectivity index (χ2v) is 5.64. The molecule has 2 atom stereocenters. The van der Waals surface area contributed by atoms with Crippen LogP contribution in [0.15, 0.2) is 28.7 Å². The predicted molar refractivity (Wildman–Crippen MR) is 79.7 cm³/mol. The maximum Gasteiger partial charge on any atom is 0.237 e. The first kappa shape index (κ1) is 15.3. The molecule has 3 N–H and O–H groups in total. The molecule has 0 radical (unpaired) electrons. The molecule has 1 aliphatic heterocycles. The number of aliphatic hydroxyl groups is 1. The molecule has 1 aromatic carbocycles. The zero-order valence-electron chi connectivity index (χ0n) is 11.1. The van der Waals surface area contributed by atoms with Crippen LogP contribution < -0.4 is 15.4 Å². The van der Waals surface area contributed by atoms with Crippen LogP contribution in [0.1, 0.15) is 12.8 Å². The number of hydrogen-bond donors (Lipinski definition) is 3. The fourth-order valence-electron chi connectivity index (χ4n) is 2.06. The first-order valence-electron chi connectivity index (χ1n) is 6.73. The minimum absolute atomic E-state index is 0.0533. The molecule has 6 heteroatoms. The third-order valence-electron chi connectivity index (χ3n) is 3.16. The van der Waals surface area contributed by atoms with Crippen molar-refractivity contribution in [1.82, 2.24) is 10.6 Å². The smallest absolute Gasteiger partial charge is 0.237 e. The minimum Gasteiger partial charge on any atom is -0.490 e. The molecule has 1 saturated heterocycles. The highest BCUT2D eigenvalue weighted by Gasteiger charge is 2.22. The van der Waals surface area contributed by atoms with Crippen molar-refractivity contribution in [2.45, 2.75) is 25.0 Å². The van der Waals surface area contributed by atoms with E-state index in [1.54, 1.807) is 0 Å². The maximum atomic E-state index is 11.7. The lowest BCUT2D eigenvalue weighted by molar-refractivity contribution is -0.123. The van der Waals surface area contributed by atoms with Crippen LogP contribution in [0.2, 0.25) is 0 Å². The van der Waals surface area contributed by atoms with E-state index in [1.165, 1.54) is 0 Å². The van der Waals surface area contributed by atoms with Crippen LogP contribution in [-0.2, 0) is 4.79 Å². The third kappa shape index (κ3) is 4.47. The molecule has 2 unspecified atom stereocenters. The minimum atomic E-state index is -0.729. The average molecular weight is 343 g/mol. The van der Waals surface area contributed by atoms with Crippen molar-refractivity contribution in [3.05, 3.63) is 28.7 Å². The Balaban J connectivity index is 1.69. The fourth-order valence-corrected chi connectivity index (χ4v) is 2.46. The van der Waals surface area contributed by atoms with Gasteiger partial charge in [-0.1, -0.05) is 12.1 Å². The van der Waals surface area contributed by atoms with E-state index in [0.29, 0.717) is 5.75 Å². The number of carbonyl (C=O) groups excluding carboxylic acids is 1. The molecule has 1 amide bonds. The molecule has 0 spiro atoms. The van der Waals surface area contributed by atoms with Crippen molar-refractivity contribution in [3.63, 3.8) is 0 Å². The van der Waals surface area contributed by atoms with E-state index in [2.05, 4.69) is 26.6 Å². The molecular formula is C14H19BrN2O3. The Morgan fingerprint density at radius 2 is 2.35 bits per heavy atom. The second kappa shape index (κ2) is 7.61. The zero-order chi connectivity index (χ0) is 14.4. The number of rotatable bonds is 6. The van der Waals surface area contributed by atoms with Gasteiger partial charge in [0.25, 0.3) is 0 Å². The van der Waals surface area contributed by atoms with E-state index in [0.717, 1.165) is 23.9 Å². The van der Waals surface area contributed by atoms with Gasteiger partial charge >= 0.3 is 0 Å². The Labute approximate surface area is 126 Å². The van der Waals surface area contributed by atoms with Crippen molar-refractivity contribution in [3.8, 4) is 5.75 Å². The molecule has 5 nitrogen and oxygen atoms in total. The molecule has 0 bridgehead atoms. The van der Waals surface area contributed by atoms with E-state index < -0.39 is 6.10 Å². The Kier molecular flexibility index (Phi) is 5.82. The van der Waals surface area contributed by atoms with Crippen LogP contribution in [0.25, 0.3) is 0 Å². The van der Waals surface area contributed by atoms with Crippen molar-refractivity contribution in [1.29, 1.82) is 0 Å². The number of carbonyl (C=O) groups is 1. The largest absolute Gasteiger partial charge is 0.490 e. The van der Waals surface area contributed by atoms with Gasteiger partial charge in [0.1, 0.15) is 18.5 Å². The van der Waals surface area contributed by atoms with Gasteiger partial charge in [0.2, 0.25) is 5.91 Å². The predicted octanol–water partition coefficient (Wildman–Crippen LogP) is 1.06. The first-order valence-corrected chi connectivity index (χ1v) is 7.52. The highest BCUT2D eigenvalue weighted by molar-refractivity contribution is 9.10. The maximum absolute atomic E-state index is 11.7. The van der Waals surface area contributed by atoms with Crippen molar-refractivity contribution >= 4 is 21.8 Å². The molecule has 0 aromatic heterocycles. The second-order valence-electron chi connectivity index (χ2n) is 4.79. The number of amides is 1.